The number of hydrogen-bond acceptors (Lipinski definition) is 6. The molecule has 0 aliphatic carbocycles. The summed E-state index contributed by atoms with van der Waals surface area (Å²) in [6, 6.07) is 12.1. The number of ether oxygens (including phenoxy) is 3. The first-order valence-corrected chi connectivity index (χ1v) is 10.9. The molecule has 33 heavy (non-hydrogen) atoms. The maximum absolute atomic E-state index is 11.6. The van der Waals surface area contributed by atoms with Crippen LogP contribution in [-0.4, -0.2) is 52.9 Å². The Morgan fingerprint density at radius 1 is 1.06 bits per heavy atom. The van der Waals surface area contributed by atoms with E-state index in [2.05, 4.69) is 0 Å². The molecular weight excluding hydrogens is 424 g/mol. The van der Waals surface area contributed by atoms with Crippen LogP contribution < -0.4 is 14.2 Å². The van der Waals surface area contributed by atoms with Crippen molar-refractivity contribution in [3.8, 4) is 39.8 Å². The van der Waals surface area contributed by atoms with Gasteiger partial charge < -0.3 is 24.4 Å². The average Bonchev–Trinajstić information content (AvgIpc) is 3.24. The third kappa shape index (κ3) is 5.28. The number of nitrogens with zero attached hydrogens (tertiary/aromatic N) is 2. The van der Waals surface area contributed by atoms with E-state index in [0.29, 0.717) is 47.2 Å². The van der Waals surface area contributed by atoms with E-state index in [1.165, 1.54) is 6.07 Å². The highest BCUT2D eigenvalue weighted by Crippen LogP contribution is 2.40. The van der Waals surface area contributed by atoms with Crippen molar-refractivity contribution in [2.75, 3.05) is 20.8 Å². The van der Waals surface area contributed by atoms with Crippen molar-refractivity contribution >= 4 is 5.97 Å². The number of para-hydroxylation sites is 1. The topological polar surface area (TPSA) is 103 Å². The van der Waals surface area contributed by atoms with Crippen molar-refractivity contribution < 1.29 is 29.2 Å². The van der Waals surface area contributed by atoms with Crippen LogP contribution in [0.4, 0.5) is 0 Å². The van der Waals surface area contributed by atoms with E-state index in [9.17, 15) is 15.0 Å². The molecule has 2 aromatic carbocycles. The van der Waals surface area contributed by atoms with Crippen molar-refractivity contribution in [2.24, 2.45) is 0 Å². The minimum atomic E-state index is -1.03. The lowest BCUT2D eigenvalue weighted by atomic mass is 10.0. The minimum Gasteiger partial charge on any atom is -0.493 e. The van der Waals surface area contributed by atoms with Crippen LogP contribution in [0.2, 0.25) is 0 Å². The summed E-state index contributed by atoms with van der Waals surface area (Å²) in [5, 5.41) is 24.6. The number of aliphatic hydroxyl groups is 1. The van der Waals surface area contributed by atoms with Gasteiger partial charge in [-0.25, -0.2) is 4.79 Å². The maximum Gasteiger partial charge on any atom is 0.335 e. The Labute approximate surface area is 193 Å². The molecule has 0 amide bonds. The van der Waals surface area contributed by atoms with Gasteiger partial charge in [-0.3, -0.25) is 4.68 Å². The third-order valence-electron chi connectivity index (χ3n) is 5.28. The molecule has 0 saturated heterocycles. The van der Waals surface area contributed by atoms with Crippen LogP contribution in [0, 0.1) is 0 Å². The largest absolute Gasteiger partial charge is 0.493 e. The smallest absolute Gasteiger partial charge is 0.335 e. The van der Waals surface area contributed by atoms with Crippen molar-refractivity contribution in [1.82, 2.24) is 9.78 Å². The molecule has 0 aliphatic heterocycles. The summed E-state index contributed by atoms with van der Waals surface area (Å²) in [5.41, 5.74) is 2.68. The van der Waals surface area contributed by atoms with Crippen LogP contribution in [0.3, 0.4) is 0 Å². The van der Waals surface area contributed by atoms with E-state index in [1.807, 2.05) is 32.0 Å². The lowest BCUT2D eigenvalue weighted by Crippen LogP contribution is -2.16. The monoisotopic (exact) mass is 454 g/mol. The number of carboxylic acid groups (broad SMARTS) is 1. The molecular formula is C25H30N2O6. The Kier molecular flexibility index (Phi) is 7.95. The first-order valence-electron chi connectivity index (χ1n) is 10.9. The molecule has 8 heteroatoms. The van der Waals surface area contributed by atoms with Crippen LogP contribution in [0.1, 0.15) is 37.0 Å². The first-order chi connectivity index (χ1) is 15.9. The number of carbonyl (C=O) groups is 1. The standard InChI is InChI=1S/C25H30N2O6/c1-5-12-33-22-11-10-16(25(29)30)13-19(22)20-14-21(27(26-20)15-17(28)6-2)18-8-7-9-23(31-3)24(18)32-4/h7-11,13-14,17,28H,5-6,12,15H2,1-4H3,(H,29,30). The Bertz CT molecular complexity index is 1110. The number of hydrogen-bond donors (Lipinski definition) is 2. The maximum atomic E-state index is 11.6. The molecule has 0 aliphatic rings. The van der Waals surface area contributed by atoms with Crippen molar-refractivity contribution in [2.45, 2.75) is 39.3 Å². The third-order valence-corrected chi connectivity index (χ3v) is 5.28. The molecule has 176 valence electrons. The van der Waals surface area contributed by atoms with Gasteiger partial charge in [0.25, 0.3) is 0 Å². The zero-order valence-corrected chi connectivity index (χ0v) is 19.4. The van der Waals surface area contributed by atoms with Gasteiger partial charge in [0.1, 0.15) is 5.75 Å². The number of methoxy groups -OCH3 is 2. The van der Waals surface area contributed by atoms with Crippen LogP contribution in [0.25, 0.3) is 22.5 Å². The molecule has 3 aromatic rings. The fourth-order valence-corrected chi connectivity index (χ4v) is 3.52. The normalized spacial score (nSPS) is 11.8. The predicted molar refractivity (Wildman–Crippen MR) is 125 cm³/mol. The van der Waals surface area contributed by atoms with Crippen LogP contribution in [-0.2, 0) is 6.54 Å². The van der Waals surface area contributed by atoms with Gasteiger partial charge in [-0.05, 0) is 49.2 Å². The summed E-state index contributed by atoms with van der Waals surface area (Å²) in [7, 11) is 3.14. The summed E-state index contributed by atoms with van der Waals surface area (Å²) < 4.78 is 18.7. The number of aromatic nitrogens is 2. The van der Waals surface area contributed by atoms with E-state index in [1.54, 1.807) is 37.1 Å². The van der Waals surface area contributed by atoms with E-state index < -0.39 is 12.1 Å². The predicted octanol–water partition coefficient (Wildman–Crippen LogP) is 4.49. The zero-order chi connectivity index (χ0) is 24.0. The number of benzene rings is 2. The van der Waals surface area contributed by atoms with Gasteiger partial charge in [-0.15, -0.1) is 0 Å². The van der Waals surface area contributed by atoms with Crippen molar-refractivity contribution in [3.63, 3.8) is 0 Å². The molecule has 1 heterocycles. The molecule has 0 saturated carbocycles. The molecule has 0 bridgehead atoms. The van der Waals surface area contributed by atoms with Crippen LogP contribution >= 0.6 is 0 Å². The Morgan fingerprint density at radius 2 is 1.85 bits per heavy atom. The molecule has 0 radical (unpaired) electrons. The zero-order valence-electron chi connectivity index (χ0n) is 19.4. The molecule has 1 atom stereocenters. The molecule has 2 N–H and O–H groups in total. The van der Waals surface area contributed by atoms with E-state index in [-0.39, 0.29) is 12.1 Å². The second kappa shape index (κ2) is 10.9. The van der Waals surface area contributed by atoms with Gasteiger partial charge in [0.05, 0.1) is 50.4 Å². The highest BCUT2D eigenvalue weighted by Gasteiger charge is 2.21. The quantitative estimate of drug-likeness (QED) is 0.440. The molecule has 3 rings (SSSR count). The Morgan fingerprint density at radius 3 is 2.48 bits per heavy atom. The van der Waals surface area contributed by atoms with Gasteiger partial charge in [0.15, 0.2) is 11.5 Å². The summed E-state index contributed by atoms with van der Waals surface area (Å²) in [5.74, 6) is 0.626. The van der Waals surface area contributed by atoms with Crippen LogP contribution in [0.15, 0.2) is 42.5 Å². The lowest BCUT2D eigenvalue weighted by Gasteiger charge is -2.15. The summed E-state index contributed by atoms with van der Waals surface area (Å²) >= 11 is 0. The summed E-state index contributed by atoms with van der Waals surface area (Å²) in [4.78, 5) is 11.6. The van der Waals surface area contributed by atoms with Crippen molar-refractivity contribution in [3.05, 3.63) is 48.0 Å². The summed E-state index contributed by atoms with van der Waals surface area (Å²) in [6.45, 7) is 4.65. The fraction of sp³-hybridized carbons (Fsp3) is 0.360. The van der Waals surface area contributed by atoms with E-state index in [4.69, 9.17) is 19.3 Å². The summed E-state index contributed by atoms with van der Waals surface area (Å²) in [6.07, 6.45) is 0.765. The Balaban J connectivity index is 2.22. The number of rotatable bonds is 11. The molecule has 1 aromatic heterocycles. The molecule has 1 unspecified atom stereocenters. The SMILES string of the molecule is CCCOc1ccc(C(=O)O)cc1-c1cc(-c2cccc(OC)c2OC)n(CC(O)CC)n1. The average molecular weight is 455 g/mol. The molecule has 8 nitrogen and oxygen atoms in total. The van der Waals surface area contributed by atoms with Gasteiger partial charge >= 0.3 is 5.97 Å². The second-order valence-corrected chi connectivity index (χ2v) is 7.56. The van der Waals surface area contributed by atoms with E-state index in [0.717, 1.165) is 12.0 Å². The van der Waals surface area contributed by atoms with E-state index >= 15 is 0 Å². The minimum absolute atomic E-state index is 0.137. The highest BCUT2D eigenvalue weighted by atomic mass is 16.5. The van der Waals surface area contributed by atoms with Crippen LogP contribution in [0.5, 0.6) is 17.2 Å². The highest BCUT2D eigenvalue weighted by molar-refractivity contribution is 5.90. The van der Waals surface area contributed by atoms with Gasteiger partial charge in [-0.1, -0.05) is 19.9 Å². The lowest BCUT2D eigenvalue weighted by molar-refractivity contribution is 0.0697. The molecule has 0 fully saturated rings. The first kappa shape index (κ1) is 24.1. The van der Waals surface area contributed by atoms with Crippen molar-refractivity contribution in [1.29, 1.82) is 0 Å². The number of aromatic carboxylic acids is 1. The second-order valence-electron chi connectivity index (χ2n) is 7.56. The number of carboxylic acids is 1. The van der Waals surface area contributed by atoms with Gasteiger partial charge in [0, 0.05) is 11.1 Å². The van der Waals surface area contributed by atoms with Gasteiger partial charge in [-0.2, -0.15) is 5.10 Å². The molecule has 0 spiro atoms. The fourth-order valence-electron chi connectivity index (χ4n) is 3.52. The van der Waals surface area contributed by atoms with Gasteiger partial charge in [0.2, 0.25) is 0 Å². The Hall–Kier alpha value is -3.52. The number of aliphatic hydroxyl groups excluding tert-OH is 1.